The Kier molecular flexibility index (Phi) is 7.01. The highest BCUT2D eigenvalue weighted by molar-refractivity contribution is 7.86. The van der Waals surface area contributed by atoms with Gasteiger partial charge in [0.05, 0.1) is 5.41 Å². The third-order valence-corrected chi connectivity index (χ3v) is 9.43. The van der Waals surface area contributed by atoms with Crippen molar-refractivity contribution in [3.8, 4) is 0 Å². The van der Waals surface area contributed by atoms with Crippen LogP contribution in [-0.2, 0) is 25.2 Å². The van der Waals surface area contributed by atoms with E-state index in [0.717, 1.165) is 31.2 Å². The molecular formula is C23H35N3O4S. The summed E-state index contributed by atoms with van der Waals surface area (Å²) in [6.45, 7) is 2.72. The summed E-state index contributed by atoms with van der Waals surface area (Å²) in [7, 11) is -1.78. The molecular weight excluding hydrogens is 414 g/mol. The van der Waals surface area contributed by atoms with Crippen molar-refractivity contribution in [2.75, 3.05) is 46.4 Å². The van der Waals surface area contributed by atoms with Gasteiger partial charge in [-0.05, 0) is 31.2 Å². The molecule has 1 aliphatic carbocycles. The molecule has 172 valence electrons. The largest absolute Gasteiger partial charge is 0.381 e. The number of piperazine rings is 1. The number of hydrogen-bond acceptors (Lipinski definition) is 4. The van der Waals surface area contributed by atoms with Gasteiger partial charge in [0.25, 0.3) is 10.2 Å². The maximum atomic E-state index is 13.7. The van der Waals surface area contributed by atoms with Crippen LogP contribution >= 0.6 is 0 Å². The summed E-state index contributed by atoms with van der Waals surface area (Å²) >= 11 is 0. The molecule has 4 rings (SSSR count). The molecule has 0 unspecified atom stereocenters. The van der Waals surface area contributed by atoms with E-state index < -0.39 is 15.6 Å². The Morgan fingerprint density at radius 3 is 2.23 bits per heavy atom. The normalized spacial score (nSPS) is 23.7. The number of benzene rings is 1. The standard InChI is InChI=1S/C23H35N3O4S/c1-24(21-10-6-3-7-11-21)31(28,29)26-16-14-25(15-17-26)22(27)23(12-18-30-19-13-23)20-8-4-2-5-9-20/h2,4-5,8-9,21H,3,6-7,10-19H2,1H3. The van der Waals surface area contributed by atoms with Crippen LogP contribution in [0.15, 0.2) is 30.3 Å². The van der Waals surface area contributed by atoms with Gasteiger partial charge in [-0.25, -0.2) is 0 Å². The van der Waals surface area contributed by atoms with E-state index in [0.29, 0.717) is 52.2 Å². The Bertz CT molecular complexity index is 841. The highest BCUT2D eigenvalue weighted by Crippen LogP contribution is 2.37. The predicted octanol–water partition coefficient (Wildman–Crippen LogP) is 2.39. The van der Waals surface area contributed by atoms with Crippen LogP contribution in [0.1, 0.15) is 50.5 Å². The number of amides is 1. The van der Waals surface area contributed by atoms with Crippen LogP contribution in [0.25, 0.3) is 0 Å². The van der Waals surface area contributed by atoms with E-state index in [1.165, 1.54) is 6.42 Å². The fourth-order valence-electron chi connectivity index (χ4n) is 5.34. The second kappa shape index (κ2) is 9.57. The molecule has 7 nitrogen and oxygen atoms in total. The van der Waals surface area contributed by atoms with Gasteiger partial charge >= 0.3 is 0 Å². The Morgan fingerprint density at radius 1 is 1.00 bits per heavy atom. The van der Waals surface area contributed by atoms with Crippen LogP contribution in [0.2, 0.25) is 0 Å². The second-order valence-corrected chi connectivity index (χ2v) is 11.1. The van der Waals surface area contributed by atoms with Gasteiger partial charge in [0.1, 0.15) is 0 Å². The molecule has 1 aromatic carbocycles. The summed E-state index contributed by atoms with van der Waals surface area (Å²) < 4.78 is 35.1. The summed E-state index contributed by atoms with van der Waals surface area (Å²) in [5.74, 6) is 0.111. The smallest absolute Gasteiger partial charge is 0.282 e. The van der Waals surface area contributed by atoms with Crippen molar-refractivity contribution in [1.82, 2.24) is 13.5 Å². The number of hydrogen-bond donors (Lipinski definition) is 0. The quantitative estimate of drug-likeness (QED) is 0.692. The molecule has 0 aromatic heterocycles. The van der Waals surface area contributed by atoms with E-state index in [1.807, 2.05) is 35.2 Å². The number of rotatable bonds is 5. The first-order valence-electron chi connectivity index (χ1n) is 11.6. The van der Waals surface area contributed by atoms with Crippen molar-refractivity contribution in [3.05, 3.63) is 35.9 Å². The monoisotopic (exact) mass is 449 g/mol. The molecule has 0 bridgehead atoms. The third-order valence-electron chi connectivity index (χ3n) is 7.39. The number of carbonyl (C=O) groups excluding carboxylic acids is 1. The molecule has 0 atom stereocenters. The lowest BCUT2D eigenvalue weighted by Gasteiger charge is -2.43. The van der Waals surface area contributed by atoms with Gasteiger partial charge in [0, 0.05) is 52.5 Å². The van der Waals surface area contributed by atoms with Crippen LogP contribution in [0.5, 0.6) is 0 Å². The van der Waals surface area contributed by atoms with Gasteiger partial charge < -0.3 is 9.64 Å². The molecule has 1 aromatic rings. The first-order valence-corrected chi connectivity index (χ1v) is 13.0. The molecule has 3 fully saturated rings. The van der Waals surface area contributed by atoms with E-state index in [2.05, 4.69) is 0 Å². The average Bonchev–Trinajstić information content (AvgIpc) is 2.84. The highest BCUT2D eigenvalue weighted by Gasteiger charge is 2.45. The van der Waals surface area contributed by atoms with Crippen LogP contribution < -0.4 is 0 Å². The lowest BCUT2D eigenvalue weighted by atomic mass is 9.73. The molecule has 2 aliphatic heterocycles. The van der Waals surface area contributed by atoms with E-state index in [4.69, 9.17) is 4.74 Å². The van der Waals surface area contributed by atoms with Gasteiger partial charge in [-0.15, -0.1) is 0 Å². The summed E-state index contributed by atoms with van der Waals surface area (Å²) in [5.41, 5.74) is 0.467. The Balaban J connectivity index is 1.44. The molecule has 0 spiro atoms. The SMILES string of the molecule is CN(C1CCCCC1)S(=O)(=O)N1CCN(C(=O)C2(c3ccccc3)CCOCC2)CC1. The van der Waals surface area contributed by atoms with E-state index in [1.54, 1.807) is 15.7 Å². The first kappa shape index (κ1) is 22.7. The summed E-state index contributed by atoms with van der Waals surface area (Å²) in [4.78, 5) is 15.6. The average molecular weight is 450 g/mol. The molecule has 2 saturated heterocycles. The van der Waals surface area contributed by atoms with Crippen molar-refractivity contribution in [1.29, 1.82) is 0 Å². The predicted molar refractivity (Wildman–Crippen MR) is 120 cm³/mol. The Morgan fingerprint density at radius 2 is 1.61 bits per heavy atom. The Labute approximate surface area is 186 Å². The molecule has 0 radical (unpaired) electrons. The minimum atomic E-state index is -3.49. The topological polar surface area (TPSA) is 70.2 Å². The van der Waals surface area contributed by atoms with Gasteiger partial charge in [-0.3, -0.25) is 4.79 Å². The second-order valence-electron chi connectivity index (χ2n) is 9.07. The van der Waals surface area contributed by atoms with E-state index in [9.17, 15) is 13.2 Å². The van der Waals surface area contributed by atoms with E-state index in [-0.39, 0.29) is 11.9 Å². The molecule has 1 saturated carbocycles. The van der Waals surface area contributed by atoms with Crippen molar-refractivity contribution in [2.45, 2.75) is 56.4 Å². The maximum Gasteiger partial charge on any atom is 0.282 e. The Hall–Kier alpha value is -1.48. The fraction of sp³-hybridized carbons (Fsp3) is 0.696. The first-order chi connectivity index (χ1) is 14.9. The van der Waals surface area contributed by atoms with Crippen molar-refractivity contribution < 1.29 is 17.9 Å². The minimum absolute atomic E-state index is 0.0991. The lowest BCUT2D eigenvalue weighted by molar-refractivity contribution is -0.142. The van der Waals surface area contributed by atoms with Gasteiger partial charge in [-0.1, -0.05) is 49.6 Å². The number of carbonyl (C=O) groups is 1. The maximum absolute atomic E-state index is 13.7. The van der Waals surface area contributed by atoms with Crippen molar-refractivity contribution in [2.24, 2.45) is 0 Å². The molecule has 8 heteroatoms. The lowest BCUT2D eigenvalue weighted by Crippen LogP contribution is -2.58. The molecule has 1 amide bonds. The number of ether oxygens (including phenoxy) is 1. The third kappa shape index (κ3) is 4.53. The summed E-state index contributed by atoms with van der Waals surface area (Å²) in [6.07, 6.45) is 6.60. The van der Waals surface area contributed by atoms with Crippen LogP contribution in [0, 0.1) is 0 Å². The van der Waals surface area contributed by atoms with E-state index >= 15 is 0 Å². The van der Waals surface area contributed by atoms with Gasteiger partial charge in [0.15, 0.2) is 0 Å². The molecule has 0 N–H and O–H groups in total. The van der Waals surface area contributed by atoms with Crippen LogP contribution in [0.4, 0.5) is 0 Å². The minimum Gasteiger partial charge on any atom is -0.381 e. The summed E-state index contributed by atoms with van der Waals surface area (Å²) in [6, 6.07) is 10.1. The highest BCUT2D eigenvalue weighted by atomic mass is 32.2. The van der Waals surface area contributed by atoms with Crippen LogP contribution in [-0.4, -0.2) is 80.3 Å². The zero-order chi connectivity index (χ0) is 21.9. The summed E-state index contributed by atoms with van der Waals surface area (Å²) in [5, 5.41) is 0. The van der Waals surface area contributed by atoms with Crippen LogP contribution in [0.3, 0.4) is 0 Å². The zero-order valence-corrected chi connectivity index (χ0v) is 19.4. The van der Waals surface area contributed by atoms with Gasteiger partial charge in [0.2, 0.25) is 5.91 Å². The molecule has 31 heavy (non-hydrogen) atoms. The van der Waals surface area contributed by atoms with Crippen molar-refractivity contribution in [3.63, 3.8) is 0 Å². The molecule has 3 aliphatic rings. The van der Waals surface area contributed by atoms with Gasteiger partial charge in [-0.2, -0.15) is 17.0 Å². The number of nitrogens with zero attached hydrogens (tertiary/aromatic N) is 3. The molecule has 2 heterocycles. The zero-order valence-electron chi connectivity index (χ0n) is 18.5. The fourth-order valence-corrected chi connectivity index (χ4v) is 6.92. The van der Waals surface area contributed by atoms with Crippen molar-refractivity contribution >= 4 is 16.1 Å².